The van der Waals surface area contributed by atoms with Crippen LogP contribution in [0.2, 0.25) is 0 Å². The second-order valence-electron chi connectivity index (χ2n) is 7.37. The van der Waals surface area contributed by atoms with Gasteiger partial charge in [-0.3, -0.25) is 9.59 Å². The lowest BCUT2D eigenvalue weighted by atomic mass is 10.1. The maximum Gasteiger partial charge on any atom is 0.244 e. The summed E-state index contributed by atoms with van der Waals surface area (Å²) in [6, 6.07) is 10.7. The Morgan fingerprint density at radius 3 is 2.31 bits per heavy atom. The van der Waals surface area contributed by atoms with E-state index in [0.717, 1.165) is 16.8 Å². The molecule has 10 heteroatoms. The van der Waals surface area contributed by atoms with Crippen LogP contribution in [0.15, 0.2) is 52.7 Å². The Kier molecular flexibility index (Phi) is 7.07. The third kappa shape index (κ3) is 5.78. The number of hydrogen-bond donors (Lipinski definition) is 3. The van der Waals surface area contributed by atoms with Gasteiger partial charge in [-0.2, -0.15) is 4.72 Å². The van der Waals surface area contributed by atoms with Crippen molar-refractivity contribution in [1.29, 1.82) is 0 Å². The van der Waals surface area contributed by atoms with E-state index in [1.807, 2.05) is 37.4 Å². The molecule has 3 N–H and O–H groups in total. The van der Waals surface area contributed by atoms with Gasteiger partial charge in [-0.25, -0.2) is 13.4 Å². The number of benzene rings is 2. The topological polar surface area (TPSA) is 117 Å². The summed E-state index contributed by atoms with van der Waals surface area (Å²) in [5.41, 5.74) is 4.49. The molecule has 0 bridgehead atoms. The Bertz CT molecular complexity index is 1250. The number of rotatable bonds is 7. The van der Waals surface area contributed by atoms with E-state index < -0.39 is 22.0 Å². The van der Waals surface area contributed by atoms with Crippen molar-refractivity contribution >= 4 is 44.0 Å². The monoisotopic (exact) mass is 472 g/mol. The molecule has 0 aliphatic carbocycles. The molecule has 2 aromatic carbocycles. The van der Waals surface area contributed by atoms with Crippen molar-refractivity contribution in [2.75, 3.05) is 10.6 Å². The normalized spacial score (nSPS) is 12.2. The van der Waals surface area contributed by atoms with Gasteiger partial charge in [0.15, 0.2) is 5.13 Å². The second-order valence-corrected chi connectivity index (χ2v) is 9.95. The number of sulfonamides is 1. The van der Waals surface area contributed by atoms with Crippen LogP contribution in [0, 0.1) is 13.8 Å². The standard InChI is InChI=1S/C22H24N4O4S2/c1-13-5-6-17(11-14(13)2)20-12-31-22(24-20)25-21(28)15(3)26-32(29,30)19-9-7-18(8-10-19)23-16(4)27/h5-12,15,26H,1-4H3,(H,23,27)(H,24,25,28)/t15-/m0/s1. The number of hydrogen-bond acceptors (Lipinski definition) is 6. The minimum atomic E-state index is -3.93. The van der Waals surface area contributed by atoms with Crippen LogP contribution in [0.3, 0.4) is 0 Å². The first-order valence-corrected chi connectivity index (χ1v) is 12.2. The van der Waals surface area contributed by atoms with Gasteiger partial charge in [-0.1, -0.05) is 12.1 Å². The van der Waals surface area contributed by atoms with Crippen molar-refractivity contribution in [3.05, 3.63) is 59.0 Å². The van der Waals surface area contributed by atoms with E-state index in [2.05, 4.69) is 20.3 Å². The Balaban J connectivity index is 1.65. The number of amides is 2. The number of anilines is 2. The third-order valence-corrected chi connectivity index (χ3v) is 7.06. The molecule has 168 valence electrons. The number of aryl methyl sites for hydroxylation is 2. The quantitative estimate of drug-likeness (QED) is 0.485. The molecule has 0 fully saturated rings. The minimum Gasteiger partial charge on any atom is -0.326 e. The van der Waals surface area contributed by atoms with E-state index in [9.17, 15) is 18.0 Å². The lowest BCUT2D eigenvalue weighted by molar-refractivity contribution is -0.117. The van der Waals surface area contributed by atoms with Crippen LogP contribution in [-0.2, 0) is 19.6 Å². The van der Waals surface area contributed by atoms with Crippen molar-refractivity contribution in [2.24, 2.45) is 0 Å². The first-order chi connectivity index (χ1) is 15.0. The highest BCUT2D eigenvalue weighted by atomic mass is 32.2. The van der Waals surface area contributed by atoms with Crippen molar-refractivity contribution in [1.82, 2.24) is 9.71 Å². The summed E-state index contributed by atoms with van der Waals surface area (Å²) < 4.78 is 27.5. The molecular weight excluding hydrogens is 448 g/mol. The fourth-order valence-electron chi connectivity index (χ4n) is 2.85. The molecule has 0 spiro atoms. The Hall–Kier alpha value is -3.08. The molecule has 1 heterocycles. The summed E-state index contributed by atoms with van der Waals surface area (Å²) in [6.07, 6.45) is 0. The van der Waals surface area contributed by atoms with Gasteiger partial charge in [0.25, 0.3) is 0 Å². The van der Waals surface area contributed by atoms with E-state index in [-0.39, 0.29) is 10.8 Å². The maximum atomic E-state index is 12.6. The highest BCUT2D eigenvalue weighted by Crippen LogP contribution is 2.26. The zero-order valence-electron chi connectivity index (χ0n) is 18.1. The smallest absolute Gasteiger partial charge is 0.244 e. The van der Waals surface area contributed by atoms with E-state index >= 15 is 0 Å². The van der Waals surface area contributed by atoms with E-state index in [4.69, 9.17) is 0 Å². The minimum absolute atomic E-state index is 0.0162. The van der Waals surface area contributed by atoms with Crippen LogP contribution >= 0.6 is 11.3 Å². The molecule has 8 nitrogen and oxygen atoms in total. The molecule has 0 radical (unpaired) electrons. The van der Waals surface area contributed by atoms with Crippen molar-refractivity contribution in [3.63, 3.8) is 0 Å². The van der Waals surface area contributed by atoms with E-state index in [0.29, 0.717) is 10.8 Å². The van der Waals surface area contributed by atoms with Crippen molar-refractivity contribution < 1.29 is 18.0 Å². The van der Waals surface area contributed by atoms with Gasteiger partial charge in [0, 0.05) is 23.6 Å². The fourth-order valence-corrected chi connectivity index (χ4v) is 4.78. The van der Waals surface area contributed by atoms with Crippen LogP contribution in [-0.4, -0.2) is 31.3 Å². The van der Waals surface area contributed by atoms with Gasteiger partial charge >= 0.3 is 0 Å². The number of carbonyl (C=O) groups excluding carboxylic acids is 2. The zero-order chi connectivity index (χ0) is 23.5. The number of aromatic nitrogens is 1. The molecule has 32 heavy (non-hydrogen) atoms. The predicted molar refractivity (Wildman–Crippen MR) is 126 cm³/mol. The Morgan fingerprint density at radius 2 is 1.69 bits per heavy atom. The number of nitrogens with one attached hydrogen (secondary N) is 3. The van der Waals surface area contributed by atoms with E-state index in [1.165, 1.54) is 55.0 Å². The van der Waals surface area contributed by atoms with Crippen molar-refractivity contribution in [2.45, 2.75) is 38.6 Å². The lowest BCUT2D eigenvalue weighted by Crippen LogP contribution is -2.41. The summed E-state index contributed by atoms with van der Waals surface area (Å²) in [7, 11) is -3.93. The SMILES string of the molecule is CC(=O)Nc1ccc(S(=O)(=O)N[C@@H](C)C(=O)Nc2nc(-c3ccc(C)c(C)c3)cs2)cc1. The average Bonchev–Trinajstić information content (AvgIpc) is 3.18. The number of nitrogens with zero attached hydrogens (tertiary/aromatic N) is 1. The Morgan fingerprint density at radius 1 is 1.00 bits per heavy atom. The zero-order valence-corrected chi connectivity index (χ0v) is 19.7. The van der Waals surface area contributed by atoms with Gasteiger partial charge < -0.3 is 10.6 Å². The summed E-state index contributed by atoms with van der Waals surface area (Å²) in [5, 5.41) is 7.44. The molecule has 2 amide bonds. The fraction of sp³-hybridized carbons (Fsp3) is 0.227. The van der Waals surface area contributed by atoms with E-state index in [1.54, 1.807) is 0 Å². The number of thiazole rings is 1. The molecule has 0 saturated heterocycles. The van der Waals surface area contributed by atoms with Crippen LogP contribution in [0.1, 0.15) is 25.0 Å². The molecule has 1 atom stereocenters. The van der Waals surface area contributed by atoms with Gasteiger partial charge in [0.1, 0.15) is 0 Å². The second kappa shape index (κ2) is 9.60. The van der Waals surface area contributed by atoms with Crippen molar-refractivity contribution in [3.8, 4) is 11.3 Å². The molecule has 0 aliphatic heterocycles. The third-order valence-electron chi connectivity index (χ3n) is 4.75. The van der Waals surface area contributed by atoms with Gasteiger partial charge in [0.05, 0.1) is 16.6 Å². The molecule has 3 rings (SSSR count). The average molecular weight is 473 g/mol. The van der Waals surface area contributed by atoms with Gasteiger partial charge in [-0.05, 0) is 62.2 Å². The number of carbonyl (C=O) groups is 2. The highest BCUT2D eigenvalue weighted by Gasteiger charge is 2.23. The Labute approximate surface area is 191 Å². The summed E-state index contributed by atoms with van der Waals surface area (Å²) in [5.74, 6) is -0.781. The van der Waals surface area contributed by atoms with Gasteiger partial charge in [0.2, 0.25) is 21.8 Å². The van der Waals surface area contributed by atoms with Crippen LogP contribution in [0.25, 0.3) is 11.3 Å². The predicted octanol–water partition coefficient (Wildman–Crippen LogP) is 3.69. The molecular formula is C22H24N4O4S2. The molecule has 0 aliphatic rings. The first kappa shape index (κ1) is 23.6. The maximum absolute atomic E-state index is 12.6. The van der Waals surface area contributed by atoms with Crippen LogP contribution in [0.4, 0.5) is 10.8 Å². The van der Waals surface area contributed by atoms with Crippen LogP contribution < -0.4 is 15.4 Å². The highest BCUT2D eigenvalue weighted by molar-refractivity contribution is 7.89. The molecule has 0 unspecified atom stereocenters. The summed E-state index contributed by atoms with van der Waals surface area (Å²) >= 11 is 1.27. The lowest BCUT2D eigenvalue weighted by Gasteiger charge is -2.14. The largest absolute Gasteiger partial charge is 0.326 e. The summed E-state index contributed by atoms with van der Waals surface area (Å²) in [4.78, 5) is 28.0. The van der Waals surface area contributed by atoms with Gasteiger partial charge in [-0.15, -0.1) is 11.3 Å². The molecule has 0 saturated carbocycles. The first-order valence-electron chi connectivity index (χ1n) is 9.79. The van der Waals surface area contributed by atoms with Crippen LogP contribution in [0.5, 0.6) is 0 Å². The summed E-state index contributed by atoms with van der Waals surface area (Å²) in [6.45, 7) is 6.87. The molecule has 1 aromatic heterocycles. The molecule has 3 aromatic rings.